The highest BCUT2D eigenvalue weighted by Crippen LogP contribution is 2.39. The van der Waals surface area contributed by atoms with E-state index in [2.05, 4.69) is 25.5 Å². The Kier molecular flexibility index (Phi) is 5.56. The zero-order valence-corrected chi connectivity index (χ0v) is 18.4. The van der Waals surface area contributed by atoms with Crippen molar-refractivity contribution in [1.29, 1.82) is 0 Å². The van der Waals surface area contributed by atoms with Crippen molar-refractivity contribution in [2.45, 2.75) is 46.6 Å². The lowest BCUT2D eigenvalue weighted by molar-refractivity contribution is 0.0437. The molecule has 1 aliphatic carbocycles. The van der Waals surface area contributed by atoms with E-state index in [9.17, 15) is 9.59 Å². The van der Waals surface area contributed by atoms with E-state index in [4.69, 9.17) is 14.1 Å². The van der Waals surface area contributed by atoms with Crippen LogP contribution < -0.4 is 0 Å². The highest BCUT2D eigenvalue weighted by molar-refractivity contribution is 6.05. The quantitative estimate of drug-likeness (QED) is 0.544. The van der Waals surface area contributed by atoms with Crippen molar-refractivity contribution < 1.29 is 23.5 Å². The summed E-state index contributed by atoms with van der Waals surface area (Å²) in [4.78, 5) is 29.7. The summed E-state index contributed by atoms with van der Waals surface area (Å²) in [5.74, 6) is -0.0514. The summed E-state index contributed by atoms with van der Waals surface area (Å²) in [7, 11) is 1.28. The van der Waals surface area contributed by atoms with Crippen LogP contribution in [0.2, 0.25) is 0 Å². The molecule has 0 amide bonds. The Bertz CT molecular complexity index is 1140. The maximum Gasteiger partial charge on any atom is 0.373 e. The predicted octanol–water partition coefficient (Wildman–Crippen LogP) is 5.12. The Morgan fingerprint density at radius 2 is 1.90 bits per heavy atom. The van der Waals surface area contributed by atoms with Crippen molar-refractivity contribution >= 4 is 22.8 Å². The number of rotatable bonds is 4. The van der Waals surface area contributed by atoms with Crippen LogP contribution in [0.25, 0.3) is 10.9 Å². The number of methoxy groups -OCH3 is 1. The molecule has 4 rings (SSSR count). The fraction of sp³-hybridized carbons (Fsp3) is 0.400. The van der Waals surface area contributed by atoms with Gasteiger partial charge in [0.05, 0.1) is 18.2 Å². The smallest absolute Gasteiger partial charge is 0.373 e. The fourth-order valence-electron chi connectivity index (χ4n) is 4.24. The van der Waals surface area contributed by atoms with Crippen molar-refractivity contribution in [3.8, 4) is 0 Å². The number of para-hydroxylation sites is 1. The van der Waals surface area contributed by atoms with Gasteiger partial charge in [-0.15, -0.1) is 0 Å². The first-order valence-electron chi connectivity index (χ1n) is 10.5. The molecule has 0 bridgehead atoms. The molecular weight excluding hydrogens is 394 g/mol. The van der Waals surface area contributed by atoms with Gasteiger partial charge in [-0.05, 0) is 54.4 Å². The molecular formula is C25H27NO5. The number of carbonyl (C=O) groups is 2. The largest absolute Gasteiger partial charge is 0.463 e. The highest BCUT2D eigenvalue weighted by atomic mass is 16.5. The molecule has 0 unspecified atom stereocenters. The number of hydrogen-bond acceptors (Lipinski definition) is 6. The fourth-order valence-corrected chi connectivity index (χ4v) is 4.24. The van der Waals surface area contributed by atoms with Crippen LogP contribution in [0.1, 0.15) is 65.1 Å². The van der Waals surface area contributed by atoms with Gasteiger partial charge >= 0.3 is 11.9 Å². The summed E-state index contributed by atoms with van der Waals surface area (Å²) in [6.07, 6.45) is 2.70. The molecule has 1 aromatic carbocycles. The van der Waals surface area contributed by atoms with E-state index in [0.717, 1.165) is 41.4 Å². The van der Waals surface area contributed by atoms with Crippen LogP contribution in [-0.4, -0.2) is 24.0 Å². The van der Waals surface area contributed by atoms with Gasteiger partial charge in [-0.25, -0.2) is 9.59 Å². The Morgan fingerprint density at radius 3 is 2.65 bits per heavy atom. The average molecular weight is 421 g/mol. The van der Waals surface area contributed by atoms with Gasteiger partial charge in [0.2, 0.25) is 5.76 Å². The Hall–Kier alpha value is -3.15. The number of carbonyl (C=O) groups excluding carboxylic acids is 2. The monoisotopic (exact) mass is 421 g/mol. The Labute approximate surface area is 181 Å². The SMILES string of the molecule is COC(=O)c1ccc(COC(=O)c2c3c(nc4ccccc24)CC[C@@H](C(C)(C)C)C3)o1. The lowest BCUT2D eigenvalue weighted by Crippen LogP contribution is -2.29. The number of aryl methyl sites for hydroxylation is 1. The van der Waals surface area contributed by atoms with E-state index in [0.29, 0.717) is 17.2 Å². The van der Waals surface area contributed by atoms with Crippen molar-refractivity contribution in [3.05, 3.63) is 64.7 Å². The van der Waals surface area contributed by atoms with Crippen LogP contribution in [-0.2, 0) is 28.9 Å². The van der Waals surface area contributed by atoms with E-state index in [-0.39, 0.29) is 17.8 Å². The van der Waals surface area contributed by atoms with Gasteiger partial charge in [0, 0.05) is 11.1 Å². The van der Waals surface area contributed by atoms with E-state index in [1.165, 1.54) is 13.2 Å². The van der Waals surface area contributed by atoms with Crippen molar-refractivity contribution in [2.24, 2.45) is 11.3 Å². The van der Waals surface area contributed by atoms with Gasteiger partial charge in [-0.2, -0.15) is 0 Å². The second-order valence-corrected chi connectivity index (χ2v) is 9.07. The predicted molar refractivity (Wildman–Crippen MR) is 116 cm³/mol. The number of ether oxygens (including phenoxy) is 2. The molecule has 0 saturated heterocycles. The molecule has 0 fully saturated rings. The standard InChI is InChI=1S/C25H27NO5/c1-25(2,3)15-9-11-20-18(13-15)22(17-7-5-6-8-19(17)26-20)24(28)30-14-16-10-12-21(31-16)23(27)29-4/h5-8,10,12,15H,9,11,13-14H2,1-4H3/t15-/m1/s1. The van der Waals surface area contributed by atoms with Crippen LogP contribution >= 0.6 is 0 Å². The molecule has 1 aliphatic rings. The van der Waals surface area contributed by atoms with Crippen molar-refractivity contribution in [2.75, 3.05) is 7.11 Å². The highest BCUT2D eigenvalue weighted by Gasteiger charge is 2.33. The van der Waals surface area contributed by atoms with Gasteiger partial charge < -0.3 is 13.9 Å². The minimum Gasteiger partial charge on any atom is -0.463 e. The van der Waals surface area contributed by atoms with Crippen LogP contribution in [0, 0.1) is 11.3 Å². The van der Waals surface area contributed by atoms with Crippen molar-refractivity contribution in [3.63, 3.8) is 0 Å². The summed E-state index contributed by atoms with van der Waals surface area (Å²) >= 11 is 0. The zero-order valence-electron chi connectivity index (χ0n) is 18.4. The maximum absolute atomic E-state index is 13.3. The first kappa shape index (κ1) is 21.1. The van der Waals surface area contributed by atoms with Crippen LogP contribution in [0.5, 0.6) is 0 Å². The average Bonchev–Trinajstić information content (AvgIpc) is 3.23. The maximum atomic E-state index is 13.3. The molecule has 0 saturated carbocycles. The third kappa shape index (κ3) is 4.20. The summed E-state index contributed by atoms with van der Waals surface area (Å²) < 4.78 is 15.7. The topological polar surface area (TPSA) is 78.6 Å². The number of nitrogens with zero attached hydrogens (tertiary/aromatic N) is 1. The van der Waals surface area contributed by atoms with Gasteiger partial charge in [0.1, 0.15) is 12.4 Å². The molecule has 0 N–H and O–H groups in total. The van der Waals surface area contributed by atoms with E-state index in [1.807, 2.05) is 24.3 Å². The minimum absolute atomic E-state index is 0.0655. The van der Waals surface area contributed by atoms with Crippen molar-refractivity contribution in [1.82, 2.24) is 4.98 Å². The third-order valence-electron chi connectivity index (χ3n) is 6.08. The molecule has 162 valence electrons. The number of esters is 2. The molecule has 3 aromatic rings. The molecule has 0 aliphatic heterocycles. The molecule has 31 heavy (non-hydrogen) atoms. The van der Waals surface area contributed by atoms with Crippen LogP contribution in [0.15, 0.2) is 40.8 Å². The van der Waals surface area contributed by atoms with E-state index in [1.54, 1.807) is 6.07 Å². The number of fused-ring (bicyclic) bond motifs is 2. The van der Waals surface area contributed by atoms with Gasteiger partial charge in [-0.3, -0.25) is 4.98 Å². The molecule has 1 atom stereocenters. The number of aromatic nitrogens is 1. The summed E-state index contributed by atoms with van der Waals surface area (Å²) in [6, 6.07) is 10.8. The minimum atomic E-state index is -0.569. The Morgan fingerprint density at radius 1 is 1.13 bits per heavy atom. The van der Waals surface area contributed by atoms with Crippen LogP contribution in [0.3, 0.4) is 0 Å². The molecule has 2 heterocycles. The number of hydrogen-bond donors (Lipinski definition) is 0. The van der Waals surface area contributed by atoms with E-state index < -0.39 is 11.9 Å². The number of benzene rings is 1. The van der Waals surface area contributed by atoms with Gasteiger partial charge in [-0.1, -0.05) is 39.0 Å². The van der Waals surface area contributed by atoms with Crippen LogP contribution in [0.4, 0.5) is 0 Å². The second kappa shape index (κ2) is 8.17. The summed E-state index contributed by atoms with van der Waals surface area (Å²) in [5, 5.41) is 0.801. The zero-order chi connectivity index (χ0) is 22.2. The second-order valence-electron chi connectivity index (χ2n) is 9.07. The first-order chi connectivity index (χ1) is 14.8. The molecule has 6 nitrogen and oxygen atoms in total. The molecule has 2 aromatic heterocycles. The molecule has 0 spiro atoms. The number of pyridine rings is 1. The normalized spacial score (nSPS) is 16.1. The third-order valence-corrected chi connectivity index (χ3v) is 6.08. The Balaban J connectivity index is 1.66. The van der Waals surface area contributed by atoms with Gasteiger partial charge in [0.25, 0.3) is 0 Å². The van der Waals surface area contributed by atoms with E-state index >= 15 is 0 Å². The number of furan rings is 1. The first-order valence-corrected chi connectivity index (χ1v) is 10.5. The van der Waals surface area contributed by atoms with Gasteiger partial charge in [0.15, 0.2) is 0 Å². The molecule has 0 radical (unpaired) electrons. The lowest BCUT2D eigenvalue weighted by atomic mass is 9.70. The summed E-state index contributed by atoms with van der Waals surface area (Å²) in [5.41, 5.74) is 3.51. The lowest BCUT2D eigenvalue weighted by Gasteiger charge is -2.35. The molecule has 6 heteroatoms. The summed E-state index contributed by atoms with van der Waals surface area (Å²) in [6.45, 7) is 6.66.